The van der Waals surface area contributed by atoms with Crippen molar-refractivity contribution in [3.05, 3.63) is 28.0 Å². The highest BCUT2D eigenvalue weighted by Gasteiger charge is 2.15. The SMILES string of the molecule is O=C(O)c1ccc(NCCCN2CCCC2)c(F)c1Br. The fraction of sp³-hybridized carbons (Fsp3) is 0.500. The molecule has 0 unspecified atom stereocenters. The maximum atomic E-state index is 14.0. The molecule has 110 valence electrons. The molecule has 1 saturated heterocycles. The van der Waals surface area contributed by atoms with Gasteiger partial charge >= 0.3 is 5.97 Å². The summed E-state index contributed by atoms with van der Waals surface area (Å²) in [5, 5.41) is 11.9. The summed E-state index contributed by atoms with van der Waals surface area (Å²) in [6.07, 6.45) is 3.48. The van der Waals surface area contributed by atoms with Gasteiger partial charge in [-0.25, -0.2) is 9.18 Å². The normalized spacial score (nSPS) is 15.5. The number of likely N-dealkylation sites (tertiary alicyclic amines) is 1. The molecule has 0 spiro atoms. The fourth-order valence-corrected chi connectivity index (χ4v) is 2.90. The maximum absolute atomic E-state index is 14.0. The Morgan fingerprint density at radius 2 is 2.10 bits per heavy atom. The van der Waals surface area contributed by atoms with E-state index in [9.17, 15) is 9.18 Å². The summed E-state index contributed by atoms with van der Waals surface area (Å²) in [5.41, 5.74) is 0.272. The van der Waals surface area contributed by atoms with Gasteiger partial charge in [-0.3, -0.25) is 0 Å². The lowest BCUT2D eigenvalue weighted by Crippen LogP contribution is -2.22. The number of aromatic carboxylic acids is 1. The summed E-state index contributed by atoms with van der Waals surface area (Å²) < 4.78 is 14.0. The van der Waals surface area contributed by atoms with E-state index in [1.807, 2.05) is 0 Å². The van der Waals surface area contributed by atoms with Crippen molar-refractivity contribution in [3.8, 4) is 0 Å². The predicted octanol–water partition coefficient (Wildman–Crippen LogP) is 3.18. The number of hydrogen-bond donors (Lipinski definition) is 2. The van der Waals surface area contributed by atoms with E-state index in [0.29, 0.717) is 12.2 Å². The number of benzene rings is 1. The Labute approximate surface area is 126 Å². The molecule has 20 heavy (non-hydrogen) atoms. The highest BCUT2D eigenvalue weighted by atomic mass is 79.9. The highest BCUT2D eigenvalue weighted by Crippen LogP contribution is 2.27. The lowest BCUT2D eigenvalue weighted by atomic mass is 10.2. The van der Waals surface area contributed by atoms with Crippen molar-refractivity contribution in [3.63, 3.8) is 0 Å². The summed E-state index contributed by atoms with van der Waals surface area (Å²) >= 11 is 2.99. The molecule has 0 atom stereocenters. The largest absolute Gasteiger partial charge is 0.478 e. The van der Waals surface area contributed by atoms with Crippen molar-refractivity contribution in [1.29, 1.82) is 0 Å². The van der Waals surface area contributed by atoms with Gasteiger partial charge in [-0.2, -0.15) is 0 Å². The average molecular weight is 345 g/mol. The third kappa shape index (κ3) is 3.70. The van der Waals surface area contributed by atoms with Gasteiger partial charge in [0.05, 0.1) is 15.7 Å². The van der Waals surface area contributed by atoms with Crippen molar-refractivity contribution < 1.29 is 14.3 Å². The van der Waals surface area contributed by atoms with Crippen molar-refractivity contribution in [1.82, 2.24) is 4.90 Å². The number of hydrogen-bond acceptors (Lipinski definition) is 3. The number of halogens is 2. The average Bonchev–Trinajstić information content (AvgIpc) is 2.92. The van der Waals surface area contributed by atoms with Crippen LogP contribution in [0.4, 0.5) is 10.1 Å². The number of nitrogens with zero attached hydrogens (tertiary/aromatic N) is 1. The fourth-order valence-electron chi connectivity index (χ4n) is 2.38. The summed E-state index contributed by atoms with van der Waals surface area (Å²) in [6, 6.07) is 2.87. The van der Waals surface area contributed by atoms with Crippen molar-refractivity contribution >= 4 is 27.6 Å². The molecule has 1 aliphatic heterocycles. The Hall–Kier alpha value is -1.14. The van der Waals surface area contributed by atoms with Crippen LogP contribution >= 0.6 is 15.9 Å². The van der Waals surface area contributed by atoms with Crippen LogP contribution in [0.1, 0.15) is 29.6 Å². The Balaban J connectivity index is 1.86. The molecule has 4 nitrogen and oxygen atoms in total. The van der Waals surface area contributed by atoms with Crippen LogP contribution < -0.4 is 5.32 Å². The second kappa shape index (κ2) is 7.04. The maximum Gasteiger partial charge on any atom is 0.336 e. The number of carboxylic acids is 1. The van der Waals surface area contributed by atoms with Crippen LogP contribution in [-0.2, 0) is 0 Å². The van der Waals surface area contributed by atoms with E-state index < -0.39 is 11.8 Å². The number of nitrogens with one attached hydrogen (secondary N) is 1. The smallest absolute Gasteiger partial charge is 0.336 e. The van der Waals surface area contributed by atoms with Gasteiger partial charge in [0.1, 0.15) is 0 Å². The Morgan fingerprint density at radius 3 is 2.75 bits per heavy atom. The molecular formula is C14H18BrFN2O2. The molecule has 0 amide bonds. The summed E-state index contributed by atoms with van der Waals surface area (Å²) in [6.45, 7) is 4.01. The third-order valence-electron chi connectivity index (χ3n) is 3.48. The predicted molar refractivity (Wildman–Crippen MR) is 79.8 cm³/mol. The molecule has 2 N–H and O–H groups in total. The van der Waals surface area contributed by atoms with E-state index in [2.05, 4.69) is 26.1 Å². The second-order valence-electron chi connectivity index (χ2n) is 4.92. The van der Waals surface area contributed by atoms with Gasteiger partial charge in [0, 0.05) is 6.54 Å². The number of carbonyl (C=O) groups is 1. The van der Waals surface area contributed by atoms with E-state index in [1.54, 1.807) is 0 Å². The number of anilines is 1. The molecule has 1 aromatic rings. The van der Waals surface area contributed by atoms with Crippen LogP contribution in [0.5, 0.6) is 0 Å². The number of carboxylic acid groups (broad SMARTS) is 1. The minimum Gasteiger partial charge on any atom is -0.478 e. The summed E-state index contributed by atoms with van der Waals surface area (Å²) in [4.78, 5) is 13.3. The van der Waals surface area contributed by atoms with Crippen LogP contribution in [0.2, 0.25) is 0 Å². The zero-order valence-corrected chi connectivity index (χ0v) is 12.7. The Bertz CT molecular complexity index is 490. The van der Waals surface area contributed by atoms with Gasteiger partial charge in [-0.05, 0) is 67.0 Å². The lowest BCUT2D eigenvalue weighted by Gasteiger charge is -2.15. The molecule has 0 aromatic heterocycles. The first kappa shape index (κ1) is 15.3. The Morgan fingerprint density at radius 1 is 1.40 bits per heavy atom. The molecule has 0 radical (unpaired) electrons. The molecule has 1 heterocycles. The van der Waals surface area contributed by atoms with Crippen molar-refractivity contribution in [2.45, 2.75) is 19.3 Å². The van der Waals surface area contributed by atoms with Crippen LogP contribution in [0.25, 0.3) is 0 Å². The van der Waals surface area contributed by atoms with Crippen LogP contribution in [-0.4, -0.2) is 42.2 Å². The first-order chi connectivity index (χ1) is 9.59. The molecule has 6 heteroatoms. The second-order valence-corrected chi connectivity index (χ2v) is 5.72. The van der Waals surface area contributed by atoms with Crippen molar-refractivity contribution in [2.24, 2.45) is 0 Å². The molecular weight excluding hydrogens is 327 g/mol. The van der Waals surface area contributed by atoms with E-state index in [1.165, 1.54) is 25.0 Å². The highest BCUT2D eigenvalue weighted by molar-refractivity contribution is 9.10. The zero-order chi connectivity index (χ0) is 14.5. The minimum absolute atomic E-state index is 0.00505. The van der Waals surface area contributed by atoms with E-state index in [4.69, 9.17) is 5.11 Å². The van der Waals surface area contributed by atoms with Gasteiger partial charge < -0.3 is 15.3 Å². The monoisotopic (exact) mass is 344 g/mol. The molecule has 1 fully saturated rings. The van der Waals surface area contributed by atoms with Gasteiger partial charge in [0.2, 0.25) is 0 Å². The quantitative estimate of drug-likeness (QED) is 0.778. The molecule has 1 aliphatic rings. The molecule has 0 bridgehead atoms. The van der Waals surface area contributed by atoms with Crippen molar-refractivity contribution in [2.75, 3.05) is 31.5 Å². The lowest BCUT2D eigenvalue weighted by molar-refractivity contribution is 0.0695. The first-order valence-electron chi connectivity index (χ1n) is 6.77. The molecule has 2 rings (SSSR count). The summed E-state index contributed by atoms with van der Waals surface area (Å²) in [7, 11) is 0. The first-order valence-corrected chi connectivity index (χ1v) is 7.56. The topological polar surface area (TPSA) is 52.6 Å². The van der Waals surface area contributed by atoms with Crippen LogP contribution in [0, 0.1) is 5.82 Å². The summed E-state index contributed by atoms with van der Waals surface area (Å²) in [5.74, 6) is -1.69. The van der Waals surface area contributed by atoms with E-state index >= 15 is 0 Å². The van der Waals surface area contributed by atoms with Gasteiger partial charge in [0.15, 0.2) is 5.82 Å². The zero-order valence-electron chi connectivity index (χ0n) is 11.2. The molecule has 0 saturated carbocycles. The van der Waals surface area contributed by atoms with Crippen LogP contribution in [0.3, 0.4) is 0 Å². The van der Waals surface area contributed by atoms with Gasteiger partial charge in [-0.1, -0.05) is 0 Å². The molecule has 0 aliphatic carbocycles. The van der Waals surface area contributed by atoms with Gasteiger partial charge in [0.25, 0.3) is 0 Å². The van der Waals surface area contributed by atoms with Crippen LogP contribution in [0.15, 0.2) is 16.6 Å². The minimum atomic E-state index is -1.14. The molecule has 1 aromatic carbocycles. The van der Waals surface area contributed by atoms with E-state index in [0.717, 1.165) is 26.1 Å². The van der Waals surface area contributed by atoms with Gasteiger partial charge in [-0.15, -0.1) is 0 Å². The van der Waals surface area contributed by atoms with E-state index in [-0.39, 0.29) is 10.0 Å². The Kier molecular flexibility index (Phi) is 5.37. The standard InChI is InChI=1S/C14H18BrFN2O2/c15-12-10(14(19)20)4-5-11(13(12)16)17-6-3-9-18-7-1-2-8-18/h4-5,17H,1-3,6-9H2,(H,19,20). The third-order valence-corrected chi connectivity index (χ3v) is 4.25. The number of rotatable bonds is 6.